The molecule has 0 fully saturated rings. The summed E-state index contributed by atoms with van der Waals surface area (Å²) in [6, 6.07) is 14.8. The highest BCUT2D eigenvalue weighted by Crippen LogP contribution is 2.31. The Hall–Kier alpha value is -3.06. The van der Waals surface area contributed by atoms with E-state index in [-0.39, 0.29) is 12.0 Å². The number of carbonyl (C=O) groups excluding carboxylic acids is 1. The van der Waals surface area contributed by atoms with Crippen molar-refractivity contribution in [2.45, 2.75) is 19.6 Å². The molecule has 150 valence electrons. The fourth-order valence-electron chi connectivity index (χ4n) is 3.12. The smallest absolute Gasteiger partial charge is 0.254 e. The van der Waals surface area contributed by atoms with Gasteiger partial charge in [0.25, 0.3) is 5.91 Å². The molecule has 4 rings (SSSR count). The van der Waals surface area contributed by atoms with Crippen LogP contribution in [0.15, 0.2) is 59.4 Å². The second kappa shape index (κ2) is 8.96. The van der Waals surface area contributed by atoms with Crippen molar-refractivity contribution in [2.75, 3.05) is 19.7 Å². The molecule has 1 unspecified atom stereocenters. The number of para-hydroxylation sites is 2. The first kappa shape index (κ1) is 19.3. The zero-order valence-corrected chi connectivity index (χ0v) is 16.9. The molecule has 1 aliphatic heterocycles. The summed E-state index contributed by atoms with van der Waals surface area (Å²) in [6.45, 7) is 3.78. The third kappa shape index (κ3) is 4.68. The molecule has 6 nitrogen and oxygen atoms in total. The van der Waals surface area contributed by atoms with E-state index in [0.717, 1.165) is 11.4 Å². The van der Waals surface area contributed by atoms with Crippen LogP contribution in [-0.2, 0) is 6.61 Å². The van der Waals surface area contributed by atoms with Crippen LogP contribution in [0.5, 0.6) is 17.2 Å². The van der Waals surface area contributed by atoms with Gasteiger partial charge in [0.05, 0.1) is 17.7 Å². The average molecular weight is 410 g/mol. The Morgan fingerprint density at radius 3 is 2.90 bits per heavy atom. The lowest BCUT2D eigenvalue weighted by atomic mass is 10.1. The minimum Gasteiger partial charge on any atom is -0.487 e. The van der Waals surface area contributed by atoms with Crippen LogP contribution in [-0.4, -0.2) is 41.6 Å². The third-order valence-corrected chi connectivity index (χ3v) is 5.25. The minimum absolute atomic E-state index is 0.0610. The Kier molecular flexibility index (Phi) is 5.95. The van der Waals surface area contributed by atoms with Gasteiger partial charge in [0.15, 0.2) is 17.6 Å². The van der Waals surface area contributed by atoms with Crippen LogP contribution in [0.1, 0.15) is 23.0 Å². The monoisotopic (exact) mass is 410 g/mol. The number of aromatic nitrogens is 1. The molecule has 1 aromatic heterocycles. The summed E-state index contributed by atoms with van der Waals surface area (Å²) in [5, 5.41) is 1.94. The normalized spacial score (nSPS) is 15.0. The van der Waals surface area contributed by atoms with Gasteiger partial charge < -0.3 is 19.1 Å². The van der Waals surface area contributed by atoms with E-state index in [1.807, 2.05) is 48.7 Å². The lowest BCUT2D eigenvalue weighted by molar-refractivity contribution is 0.0474. The van der Waals surface area contributed by atoms with Crippen molar-refractivity contribution in [3.63, 3.8) is 0 Å². The van der Waals surface area contributed by atoms with Gasteiger partial charge in [-0.05, 0) is 37.3 Å². The van der Waals surface area contributed by atoms with Crippen LogP contribution < -0.4 is 14.2 Å². The highest BCUT2D eigenvalue weighted by Gasteiger charge is 2.25. The Bertz CT molecular complexity index is 961. The number of thiazole rings is 1. The predicted octanol–water partition coefficient (Wildman–Crippen LogP) is 4.02. The molecule has 0 saturated carbocycles. The van der Waals surface area contributed by atoms with Crippen LogP contribution in [0.3, 0.4) is 0 Å². The zero-order chi connectivity index (χ0) is 20.1. The second-order valence-electron chi connectivity index (χ2n) is 6.64. The summed E-state index contributed by atoms with van der Waals surface area (Å²) in [6.07, 6.45) is -0.210. The molecular formula is C22H22N2O4S. The van der Waals surface area contributed by atoms with Gasteiger partial charge in [-0.15, -0.1) is 11.3 Å². The standard InChI is InChI=1S/C22H22N2O4S/c1-2-24(11-19-13-27-20-8-3-4-9-21(20)28-19)22(25)16-6-5-7-18(10-16)26-12-17-14-29-15-23-17/h3-10,14-15,19H,2,11-13H2,1H3. The highest BCUT2D eigenvalue weighted by atomic mass is 32.1. The van der Waals surface area contributed by atoms with Crippen molar-refractivity contribution in [1.82, 2.24) is 9.88 Å². The topological polar surface area (TPSA) is 60.9 Å². The van der Waals surface area contributed by atoms with E-state index in [2.05, 4.69) is 4.98 Å². The first-order valence-electron chi connectivity index (χ1n) is 9.50. The number of amides is 1. The quantitative estimate of drug-likeness (QED) is 0.589. The highest BCUT2D eigenvalue weighted by molar-refractivity contribution is 7.07. The van der Waals surface area contributed by atoms with Gasteiger partial charge in [0, 0.05) is 17.5 Å². The summed E-state index contributed by atoms with van der Waals surface area (Å²) < 4.78 is 17.5. The Balaban J connectivity index is 1.40. The Morgan fingerprint density at radius 2 is 2.10 bits per heavy atom. The molecule has 1 aliphatic rings. The van der Waals surface area contributed by atoms with Crippen molar-refractivity contribution < 1.29 is 19.0 Å². The van der Waals surface area contributed by atoms with Gasteiger partial charge in [-0.3, -0.25) is 4.79 Å². The molecule has 0 radical (unpaired) electrons. The summed E-state index contributed by atoms with van der Waals surface area (Å²) >= 11 is 1.53. The third-order valence-electron chi connectivity index (χ3n) is 4.61. The average Bonchev–Trinajstić information content (AvgIpc) is 3.29. The van der Waals surface area contributed by atoms with Gasteiger partial charge in [-0.25, -0.2) is 4.98 Å². The number of hydrogen-bond donors (Lipinski definition) is 0. The molecule has 0 aliphatic carbocycles. The molecule has 3 aromatic rings. The van der Waals surface area contributed by atoms with E-state index >= 15 is 0 Å². The number of rotatable bonds is 7. The van der Waals surface area contributed by atoms with E-state index in [1.165, 1.54) is 11.3 Å². The van der Waals surface area contributed by atoms with Gasteiger partial charge >= 0.3 is 0 Å². The molecule has 0 N–H and O–H groups in total. The van der Waals surface area contributed by atoms with Crippen LogP contribution in [0.4, 0.5) is 0 Å². The first-order valence-corrected chi connectivity index (χ1v) is 10.4. The van der Waals surface area contributed by atoms with Crippen molar-refractivity contribution in [3.05, 3.63) is 70.7 Å². The molecule has 29 heavy (non-hydrogen) atoms. The molecule has 7 heteroatoms. The number of fused-ring (bicyclic) bond motifs is 1. The zero-order valence-electron chi connectivity index (χ0n) is 16.1. The van der Waals surface area contributed by atoms with Crippen LogP contribution in [0.25, 0.3) is 0 Å². The summed E-state index contributed by atoms with van der Waals surface area (Å²) in [5.74, 6) is 2.04. The van der Waals surface area contributed by atoms with Crippen LogP contribution in [0, 0.1) is 0 Å². The van der Waals surface area contributed by atoms with E-state index in [9.17, 15) is 4.79 Å². The maximum Gasteiger partial charge on any atom is 0.254 e. The van der Waals surface area contributed by atoms with E-state index in [1.54, 1.807) is 22.5 Å². The van der Waals surface area contributed by atoms with Gasteiger partial charge in [0.1, 0.15) is 19.0 Å². The minimum atomic E-state index is -0.210. The van der Waals surface area contributed by atoms with Crippen LogP contribution >= 0.6 is 11.3 Å². The van der Waals surface area contributed by atoms with Crippen molar-refractivity contribution >= 4 is 17.2 Å². The lowest BCUT2D eigenvalue weighted by Crippen LogP contribution is -2.43. The first-order chi connectivity index (χ1) is 14.2. The molecule has 1 amide bonds. The summed E-state index contributed by atoms with van der Waals surface area (Å²) in [7, 11) is 0. The number of nitrogens with zero attached hydrogens (tertiary/aromatic N) is 2. The van der Waals surface area contributed by atoms with Crippen molar-refractivity contribution in [3.8, 4) is 17.2 Å². The fourth-order valence-corrected chi connectivity index (χ4v) is 3.67. The van der Waals surface area contributed by atoms with E-state index in [0.29, 0.717) is 43.4 Å². The number of hydrogen-bond acceptors (Lipinski definition) is 6. The molecule has 1 atom stereocenters. The fraction of sp³-hybridized carbons (Fsp3) is 0.273. The SMILES string of the molecule is CCN(CC1COc2ccccc2O1)C(=O)c1cccc(OCc2cscn2)c1. The molecule has 0 spiro atoms. The summed E-state index contributed by atoms with van der Waals surface area (Å²) in [4.78, 5) is 19.0. The number of benzene rings is 2. The van der Waals surface area contributed by atoms with E-state index in [4.69, 9.17) is 14.2 Å². The van der Waals surface area contributed by atoms with E-state index < -0.39 is 0 Å². The van der Waals surface area contributed by atoms with Gasteiger partial charge in [-0.1, -0.05) is 18.2 Å². The predicted molar refractivity (Wildman–Crippen MR) is 111 cm³/mol. The van der Waals surface area contributed by atoms with Gasteiger partial charge in [0.2, 0.25) is 0 Å². The lowest BCUT2D eigenvalue weighted by Gasteiger charge is -2.31. The number of likely N-dealkylation sites (N-methyl/N-ethyl adjacent to an activating group) is 1. The molecular weight excluding hydrogens is 388 g/mol. The molecule has 0 bridgehead atoms. The van der Waals surface area contributed by atoms with Crippen molar-refractivity contribution in [2.24, 2.45) is 0 Å². The number of ether oxygens (including phenoxy) is 3. The Labute approximate surface area is 173 Å². The maximum atomic E-state index is 13.0. The Morgan fingerprint density at radius 1 is 1.24 bits per heavy atom. The largest absolute Gasteiger partial charge is 0.487 e. The second-order valence-corrected chi connectivity index (χ2v) is 7.36. The van der Waals surface area contributed by atoms with Crippen LogP contribution in [0.2, 0.25) is 0 Å². The number of carbonyl (C=O) groups is 1. The van der Waals surface area contributed by atoms with Crippen molar-refractivity contribution in [1.29, 1.82) is 0 Å². The maximum absolute atomic E-state index is 13.0. The summed E-state index contributed by atoms with van der Waals surface area (Å²) in [5.41, 5.74) is 3.23. The van der Waals surface area contributed by atoms with Gasteiger partial charge in [-0.2, -0.15) is 0 Å². The molecule has 0 saturated heterocycles. The molecule has 2 heterocycles. The molecule has 2 aromatic carbocycles.